The molecule has 0 radical (unpaired) electrons. The highest BCUT2D eigenvalue weighted by atomic mass is 16.5. The van der Waals surface area contributed by atoms with Crippen molar-refractivity contribution in [3.63, 3.8) is 0 Å². The van der Waals surface area contributed by atoms with Crippen LogP contribution < -0.4 is 10.2 Å². The zero-order valence-electron chi connectivity index (χ0n) is 12.4. The van der Waals surface area contributed by atoms with E-state index < -0.39 is 0 Å². The zero-order valence-corrected chi connectivity index (χ0v) is 12.4. The lowest BCUT2D eigenvalue weighted by atomic mass is 10.2. The van der Waals surface area contributed by atoms with Gasteiger partial charge in [0.2, 0.25) is 0 Å². The Kier molecular flexibility index (Phi) is 4.58. The minimum absolute atomic E-state index is 0.336. The summed E-state index contributed by atoms with van der Waals surface area (Å²) in [5.74, 6) is 2.80. The molecule has 0 spiro atoms. The second kappa shape index (κ2) is 6.19. The molecule has 1 aliphatic rings. The first kappa shape index (κ1) is 14.1. The van der Waals surface area contributed by atoms with Gasteiger partial charge in [-0.25, -0.2) is 9.97 Å². The monoisotopic (exact) mass is 264 g/mol. The van der Waals surface area contributed by atoms with Gasteiger partial charge in [0.25, 0.3) is 0 Å². The number of hydrogen-bond acceptors (Lipinski definition) is 5. The van der Waals surface area contributed by atoms with E-state index in [0.717, 1.165) is 49.0 Å². The number of hydrogen-bond donors (Lipinski definition) is 1. The second-order valence-electron chi connectivity index (χ2n) is 5.06. The topological polar surface area (TPSA) is 50.3 Å². The molecule has 0 saturated carbocycles. The maximum atomic E-state index is 5.70. The predicted molar refractivity (Wildman–Crippen MR) is 77.9 cm³/mol. The Morgan fingerprint density at radius 1 is 1.42 bits per heavy atom. The van der Waals surface area contributed by atoms with Crippen molar-refractivity contribution >= 4 is 11.6 Å². The number of anilines is 2. The lowest BCUT2D eigenvalue weighted by Crippen LogP contribution is -2.30. The summed E-state index contributed by atoms with van der Waals surface area (Å²) in [6.07, 6.45) is 3.50. The predicted octanol–water partition coefficient (Wildman–Crippen LogP) is 2.00. The van der Waals surface area contributed by atoms with Crippen molar-refractivity contribution in [1.82, 2.24) is 9.97 Å². The molecule has 2 rings (SSSR count). The summed E-state index contributed by atoms with van der Waals surface area (Å²) in [7, 11) is 3.98. The smallest absolute Gasteiger partial charge is 0.137 e. The number of likely N-dealkylation sites (N-methyl/N-ethyl adjacent to an activating group) is 1. The Morgan fingerprint density at radius 2 is 2.21 bits per heavy atom. The van der Waals surface area contributed by atoms with Crippen LogP contribution in [-0.4, -0.2) is 43.3 Å². The number of nitrogens with one attached hydrogen (secondary N) is 1. The van der Waals surface area contributed by atoms with E-state index in [1.807, 2.05) is 7.05 Å². The maximum Gasteiger partial charge on any atom is 0.137 e. The fraction of sp³-hybridized carbons (Fsp3) is 0.714. The van der Waals surface area contributed by atoms with Crippen LogP contribution in [-0.2, 0) is 11.2 Å². The second-order valence-corrected chi connectivity index (χ2v) is 5.06. The molecule has 106 valence electrons. The van der Waals surface area contributed by atoms with Crippen LogP contribution in [0.15, 0.2) is 0 Å². The molecular formula is C14H24N4O. The number of rotatable bonds is 5. The first-order valence-electron chi connectivity index (χ1n) is 7.03. The summed E-state index contributed by atoms with van der Waals surface area (Å²) in [6.45, 7) is 5.92. The van der Waals surface area contributed by atoms with Gasteiger partial charge in [-0.3, -0.25) is 0 Å². The van der Waals surface area contributed by atoms with Crippen molar-refractivity contribution in [1.29, 1.82) is 0 Å². The van der Waals surface area contributed by atoms with Gasteiger partial charge in [0.05, 0.1) is 6.10 Å². The van der Waals surface area contributed by atoms with Crippen molar-refractivity contribution in [2.45, 2.75) is 39.2 Å². The molecule has 1 saturated heterocycles. The third-order valence-corrected chi connectivity index (χ3v) is 3.58. The lowest BCUT2D eigenvalue weighted by Gasteiger charge is -2.24. The van der Waals surface area contributed by atoms with Crippen LogP contribution in [0.1, 0.15) is 31.2 Å². The Morgan fingerprint density at radius 3 is 2.79 bits per heavy atom. The van der Waals surface area contributed by atoms with Crippen molar-refractivity contribution in [3.05, 3.63) is 11.4 Å². The van der Waals surface area contributed by atoms with Crippen molar-refractivity contribution in [2.24, 2.45) is 0 Å². The van der Waals surface area contributed by atoms with Crippen molar-refractivity contribution in [3.8, 4) is 0 Å². The molecule has 0 bridgehead atoms. The molecule has 1 aliphatic heterocycles. The molecule has 1 aromatic heterocycles. The van der Waals surface area contributed by atoms with E-state index in [0.29, 0.717) is 6.10 Å². The van der Waals surface area contributed by atoms with Crippen LogP contribution >= 0.6 is 0 Å². The molecule has 5 nitrogen and oxygen atoms in total. The molecule has 1 fully saturated rings. The highest BCUT2D eigenvalue weighted by molar-refractivity contribution is 5.58. The fourth-order valence-electron chi connectivity index (χ4n) is 2.50. The molecule has 0 aromatic carbocycles. The minimum atomic E-state index is 0.336. The van der Waals surface area contributed by atoms with Crippen LogP contribution in [0.3, 0.4) is 0 Å². The van der Waals surface area contributed by atoms with Crippen LogP contribution in [0, 0.1) is 6.92 Å². The van der Waals surface area contributed by atoms with E-state index in [2.05, 4.69) is 41.1 Å². The van der Waals surface area contributed by atoms with E-state index in [-0.39, 0.29) is 0 Å². The standard InChI is InChI=1S/C14H24N4O/c1-5-12-16-13(15-3)10(2)14(17-12)18(4)9-11-7-6-8-19-11/h11H,5-9H2,1-4H3,(H,15,16,17). The summed E-state index contributed by atoms with van der Waals surface area (Å²) in [6, 6.07) is 0. The Hall–Kier alpha value is -1.36. The fourth-order valence-corrected chi connectivity index (χ4v) is 2.50. The molecule has 1 N–H and O–H groups in total. The Labute approximate surface area is 115 Å². The summed E-state index contributed by atoms with van der Waals surface area (Å²) < 4.78 is 5.70. The third-order valence-electron chi connectivity index (χ3n) is 3.58. The van der Waals surface area contributed by atoms with Gasteiger partial charge in [-0.2, -0.15) is 0 Å². The van der Waals surface area contributed by atoms with E-state index >= 15 is 0 Å². The Bertz CT molecular complexity index is 430. The molecule has 1 atom stereocenters. The number of aryl methyl sites for hydroxylation is 1. The number of aromatic nitrogens is 2. The van der Waals surface area contributed by atoms with Crippen molar-refractivity contribution < 1.29 is 4.74 Å². The van der Waals surface area contributed by atoms with Gasteiger partial charge in [-0.1, -0.05) is 6.92 Å². The van der Waals surface area contributed by atoms with Gasteiger partial charge in [-0.05, 0) is 19.8 Å². The van der Waals surface area contributed by atoms with Crippen LogP contribution in [0.25, 0.3) is 0 Å². The third kappa shape index (κ3) is 3.15. The normalized spacial score (nSPS) is 18.6. The molecule has 2 heterocycles. The lowest BCUT2D eigenvalue weighted by molar-refractivity contribution is 0.116. The van der Waals surface area contributed by atoms with Crippen LogP contribution in [0.4, 0.5) is 11.6 Å². The highest BCUT2D eigenvalue weighted by Gasteiger charge is 2.20. The zero-order chi connectivity index (χ0) is 13.8. The number of ether oxygens (including phenoxy) is 1. The average molecular weight is 264 g/mol. The summed E-state index contributed by atoms with van der Waals surface area (Å²) in [5, 5.41) is 3.15. The Balaban J connectivity index is 2.21. The molecule has 0 aliphatic carbocycles. The van der Waals surface area contributed by atoms with Gasteiger partial charge in [0.1, 0.15) is 17.5 Å². The quantitative estimate of drug-likeness (QED) is 0.881. The molecule has 5 heteroatoms. The summed E-state index contributed by atoms with van der Waals surface area (Å²) >= 11 is 0. The summed E-state index contributed by atoms with van der Waals surface area (Å²) in [4.78, 5) is 11.4. The average Bonchev–Trinajstić information content (AvgIpc) is 2.91. The molecule has 1 unspecified atom stereocenters. The van der Waals surface area contributed by atoms with Gasteiger partial charge in [0, 0.05) is 39.2 Å². The molecular weight excluding hydrogens is 240 g/mol. The van der Waals surface area contributed by atoms with Crippen molar-refractivity contribution in [2.75, 3.05) is 37.5 Å². The van der Waals surface area contributed by atoms with Gasteiger partial charge in [0.15, 0.2) is 0 Å². The molecule has 0 amide bonds. The minimum Gasteiger partial charge on any atom is -0.376 e. The summed E-state index contributed by atoms with van der Waals surface area (Å²) in [5.41, 5.74) is 1.10. The van der Waals surface area contributed by atoms with E-state index in [4.69, 9.17) is 4.74 Å². The van der Waals surface area contributed by atoms with Gasteiger partial charge < -0.3 is 15.0 Å². The SMILES string of the molecule is CCc1nc(NC)c(C)c(N(C)CC2CCCO2)n1. The van der Waals surface area contributed by atoms with E-state index in [9.17, 15) is 0 Å². The van der Waals surface area contributed by atoms with Crippen LogP contribution in [0.2, 0.25) is 0 Å². The molecule has 1 aromatic rings. The maximum absolute atomic E-state index is 5.70. The van der Waals surface area contributed by atoms with E-state index in [1.54, 1.807) is 0 Å². The van der Waals surface area contributed by atoms with Gasteiger partial charge in [-0.15, -0.1) is 0 Å². The highest BCUT2D eigenvalue weighted by Crippen LogP contribution is 2.24. The number of nitrogens with zero attached hydrogens (tertiary/aromatic N) is 3. The first-order valence-corrected chi connectivity index (χ1v) is 7.03. The molecule has 19 heavy (non-hydrogen) atoms. The van der Waals surface area contributed by atoms with E-state index in [1.165, 1.54) is 6.42 Å². The largest absolute Gasteiger partial charge is 0.376 e. The van der Waals surface area contributed by atoms with Gasteiger partial charge >= 0.3 is 0 Å². The van der Waals surface area contributed by atoms with Crippen LogP contribution in [0.5, 0.6) is 0 Å². The first-order chi connectivity index (χ1) is 9.15.